The van der Waals surface area contributed by atoms with Crippen LogP contribution in [-0.4, -0.2) is 14.1 Å². The molecule has 0 N–H and O–H groups in total. The molecular formula is C36H24N4. The van der Waals surface area contributed by atoms with Gasteiger partial charge < -0.3 is 9.13 Å². The van der Waals surface area contributed by atoms with Crippen molar-refractivity contribution in [2.75, 3.05) is 0 Å². The molecule has 7 aromatic rings. The van der Waals surface area contributed by atoms with E-state index >= 15 is 0 Å². The first kappa shape index (κ1) is 23.5. The van der Waals surface area contributed by atoms with Crippen LogP contribution in [0.5, 0.6) is 0 Å². The second kappa shape index (κ2) is 9.58. The number of aromatic nitrogens is 3. The summed E-state index contributed by atoms with van der Waals surface area (Å²) in [6.07, 6.45) is 9.20. The van der Waals surface area contributed by atoms with Crippen molar-refractivity contribution < 1.29 is 0 Å². The van der Waals surface area contributed by atoms with Gasteiger partial charge in [0.15, 0.2) is 0 Å². The highest BCUT2D eigenvalue weighted by atomic mass is 15.0. The fraction of sp³-hybridized carbons (Fsp3) is 0. The van der Waals surface area contributed by atoms with E-state index in [0.29, 0.717) is 5.57 Å². The van der Waals surface area contributed by atoms with Crippen molar-refractivity contribution in [3.63, 3.8) is 0 Å². The maximum Gasteiger partial charge on any atom is 0.101 e. The summed E-state index contributed by atoms with van der Waals surface area (Å²) in [7, 11) is 0. The molecule has 0 aliphatic rings. The van der Waals surface area contributed by atoms with Crippen molar-refractivity contribution in [1.82, 2.24) is 14.1 Å². The van der Waals surface area contributed by atoms with E-state index in [2.05, 4.69) is 106 Å². The number of allylic oxidation sites excluding steroid dienone is 4. The molecule has 0 aliphatic carbocycles. The summed E-state index contributed by atoms with van der Waals surface area (Å²) in [6, 6.07) is 38.0. The minimum Gasteiger partial charge on any atom is -0.308 e. The number of benzene rings is 4. The molecule has 188 valence electrons. The van der Waals surface area contributed by atoms with Gasteiger partial charge in [-0.15, -0.1) is 0 Å². The summed E-state index contributed by atoms with van der Waals surface area (Å²) in [5.74, 6) is 0. The highest BCUT2D eigenvalue weighted by Gasteiger charge is 2.17. The standard InChI is InChI=1S/C36H24N4/c1-2-11-26(22-37)36(40-34-18-9-5-14-30(34)31-15-6-10-19-35(31)40)21-25-20-27(24-38-23-25)39-32-16-7-3-12-28(32)29-13-4-8-17-33(29)39/h2-21,23-24H,1H2/b26-11-,36-21-. The lowest BCUT2D eigenvalue weighted by atomic mass is 10.1. The highest BCUT2D eigenvalue weighted by molar-refractivity contribution is 6.12. The van der Waals surface area contributed by atoms with Gasteiger partial charge in [0.1, 0.15) is 6.07 Å². The first-order valence-corrected chi connectivity index (χ1v) is 13.2. The zero-order chi connectivity index (χ0) is 27.1. The molecule has 0 unspecified atom stereocenters. The minimum atomic E-state index is 0.517. The fourth-order valence-electron chi connectivity index (χ4n) is 5.75. The van der Waals surface area contributed by atoms with E-state index in [1.54, 1.807) is 12.2 Å². The summed E-state index contributed by atoms with van der Waals surface area (Å²) in [6.45, 7) is 3.87. The molecule has 0 bridgehead atoms. The predicted molar refractivity (Wildman–Crippen MR) is 166 cm³/mol. The molecule has 3 heterocycles. The van der Waals surface area contributed by atoms with Crippen LogP contribution in [0.15, 0.2) is 140 Å². The molecule has 4 heteroatoms. The van der Waals surface area contributed by atoms with Gasteiger partial charge in [0.25, 0.3) is 0 Å². The van der Waals surface area contributed by atoms with Crippen LogP contribution in [-0.2, 0) is 0 Å². The Bertz CT molecular complexity index is 2090. The number of pyridine rings is 1. The zero-order valence-corrected chi connectivity index (χ0v) is 21.7. The van der Waals surface area contributed by atoms with Crippen molar-refractivity contribution >= 4 is 55.4 Å². The molecule has 40 heavy (non-hydrogen) atoms. The Morgan fingerprint density at radius 3 is 1.73 bits per heavy atom. The van der Waals surface area contributed by atoms with E-state index in [1.807, 2.05) is 42.7 Å². The van der Waals surface area contributed by atoms with E-state index in [9.17, 15) is 5.26 Å². The van der Waals surface area contributed by atoms with Crippen molar-refractivity contribution in [2.45, 2.75) is 0 Å². The zero-order valence-electron chi connectivity index (χ0n) is 21.7. The lowest BCUT2D eigenvalue weighted by Gasteiger charge is -2.13. The van der Waals surface area contributed by atoms with E-state index < -0.39 is 0 Å². The molecule has 0 spiro atoms. The van der Waals surface area contributed by atoms with Crippen LogP contribution in [0.1, 0.15) is 5.56 Å². The van der Waals surface area contributed by atoms with Crippen LogP contribution in [0, 0.1) is 11.3 Å². The van der Waals surface area contributed by atoms with Gasteiger partial charge in [-0.1, -0.05) is 85.5 Å². The number of nitrogens with zero attached hydrogens (tertiary/aromatic N) is 4. The van der Waals surface area contributed by atoms with Crippen LogP contribution in [0.25, 0.3) is 61.1 Å². The van der Waals surface area contributed by atoms with Crippen LogP contribution in [0.2, 0.25) is 0 Å². The minimum absolute atomic E-state index is 0.517. The maximum absolute atomic E-state index is 10.3. The average Bonchev–Trinajstić information content (AvgIpc) is 3.52. The first-order chi connectivity index (χ1) is 19.8. The molecule has 0 atom stereocenters. The third-order valence-electron chi connectivity index (χ3n) is 7.39. The van der Waals surface area contributed by atoms with Gasteiger partial charge in [-0.2, -0.15) is 5.26 Å². The molecule has 0 saturated heterocycles. The summed E-state index contributed by atoms with van der Waals surface area (Å²) >= 11 is 0. The Balaban J connectivity index is 1.50. The van der Waals surface area contributed by atoms with Crippen LogP contribution in [0.4, 0.5) is 0 Å². The molecule has 4 nitrogen and oxygen atoms in total. The summed E-state index contributed by atoms with van der Waals surface area (Å²) in [5.41, 5.74) is 7.44. The number of hydrogen-bond donors (Lipinski definition) is 0. The van der Waals surface area contributed by atoms with Crippen LogP contribution >= 0.6 is 0 Å². The normalized spacial score (nSPS) is 12.4. The number of rotatable bonds is 5. The van der Waals surface area contributed by atoms with E-state index in [4.69, 9.17) is 0 Å². The van der Waals surface area contributed by atoms with Crippen molar-refractivity contribution in [3.8, 4) is 11.8 Å². The third kappa shape index (κ3) is 3.65. The molecule has 0 amide bonds. The van der Waals surface area contributed by atoms with E-state index in [-0.39, 0.29) is 0 Å². The smallest absolute Gasteiger partial charge is 0.101 e. The Hall–Kier alpha value is -5.66. The largest absolute Gasteiger partial charge is 0.308 e. The van der Waals surface area contributed by atoms with Crippen molar-refractivity contribution in [3.05, 3.63) is 145 Å². The quantitative estimate of drug-likeness (QED) is 0.171. The second-order valence-corrected chi connectivity index (χ2v) is 9.67. The summed E-state index contributed by atoms with van der Waals surface area (Å²) < 4.78 is 4.41. The molecule has 0 fully saturated rings. The maximum atomic E-state index is 10.3. The lowest BCUT2D eigenvalue weighted by Crippen LogP contribution is -2.00. The second-order valence-electron chi connectivity index (χ2n) is 9.67. The van der Waals surface area contributed by atoms with Gasteiger partial charge in [0.05, 0.1) is 45.2 Å². The molecular weight excluding hydrogens is 488 g/mol. The van der Waals surface area contributed by atoms with Crippen LogP contribution < -0.4 is 0 Å². The topological polar surface area (TPSA) is 46.5 Å². The SMILES string of the molecule is C=C/C=C(C#N)\C(=C\c1cncc(-n2c3ccccc3c3ccccc32)c1)n1c2ccccc2c2ccccc21. The predicted octanol–water partition coefficient (Wildman–Crippen LogP) is 8.92. The molecule has 7 rings (SSSR count). The molecule has 3 aromatic heterocycles. The van der Waals surface area contributed by atoms with E-state index in [0.717, 1.165) is 49.8 Å². The first-order valence-electron chi connectivity index (χ1n) is 13.2. The molecule has 4 aromatic carbocycles. The van der Waals surface area contributed by atoms with E-state index in [1.165, 1.54) is 10.8 Å². The number of hydrogen-bond acceptors (Lipinski definition) is 2. The van der Waals surface area contributed by atoms with Gasteiger partial charge >= 0.3 is 0 Å². The van der Waals surface area contributed by atoms with Gasteiger partial charge in [-0.3, -0.25) is 4.98 Å². The van der Waals surface area contributed by atoms with Crippen LogP contribution in [0.3, 0.4) is 0 Å². The number of para-hydroxylation sites is 4. The lowest BCUT2D eigenvalue weighted by molar-refractivity contribution is 1.14. The Morgan fingerprint density at radius 2 is 1.20 bits per heavy atom. The van der Waals surface area contributed by atoms with Gasteiger partial charge in [-0.25, -0.2) is 0 Å². The fourth-order valence-corrected chi connectivity index (χ4v) is 5.75. The Kier molecular flexibility index (Phi) is 5.62. The van der Waals surface area contributed by atoms with Gasteiger partial charge in [-0.05, 0) is 48.0 Å². The molecule has 0 aliphatic heterocycles. The van der Waals surface area contributed by atoms with Gasteiger partial charge in [0.2, 0.25) is 0 Å². The molecule has 0 radical (unpaired) electrons. The van der Waals surface area contributed by atoms with Gasteiger partial charge in [0, 0.05) is 27.7 Å². The highest BCUT2D eigenvalue weighted by Crippen LogP contribution is 2.35. The van der Waals surface area contributed by atoms with Crippen molar-refractivity contribution in [2.24, 2.45) is 0 Å². The third-order valence-corrected chi connectivity index (χ3v) is 7.39. The average molecular weight is 513 g/mol. The Labute approximate surface area is 231 Å². The number of nitriles is 1. The number of fused-ring (bicyclic) bond motifs is 6. The Morgan fingerprint density at radius 1 is 0.700 bits per heavy atom. The summed E-state index contributed by atoms with van der Waals surface area (Å²) in [5, 5.41) is 14.9. The van der Waals surface area contributed by atoms with Crippen molar-refractivity contribution in [1.29, 1.82) is 5.26 Å². The molecule has 0 saturated carbocycles. The monoisotopic (exact) mass is 512 g/mol. The summed E-state index contributed by atoms with van der Waals surface area (Å²) in [4.78, 5) is 4.65.